The van der Waals surface area contributed by atoms with Crippen molar-refractivity contribution in [3.05, 3.63) is 95.3 Å². The van der Waals surface area contributed by atoms with Gasteiger partial charge in [0.05, 0.1) is 23.1 Å². The minimum Gasteiger partial charge on any atom is -0.478 e. The van der Waals surface area contributed by atoms with E-state index in [-0.39, 0.29) is 17.3 Å². The average Bonchev–Trinajstić information content (AvgIpc) is 3.13. The number of carboxylic acids is 1. The van der Waals surface area contributed by atoms with E-state index in [4.69, 9.17) is 10.5 Å². The highest BCUT2D eigenvalue weighted by atomic mass is 16.4. The summed E-state index contributed by atoms with van der Waals surface area (Å²) in [6, 6.07) is 20.8. The van der Waals surface area contributed by atoms with Crippen molar-refractivity contribution in [3.63, 3.8) is 0 Å². The molecule has 1 amide bonds. The zero-order valence-corrected chi connectivity index (χ0v) is 17.3. The zero-order valence-electron chi connectivity index (χ0n) is 17.3. The Balaban J connectivity index is 1.41. The zero-order chi connectivity index (χ0) is 22.7. The van der Waals surface area contributed by atoms with Gasteiger partial charge in [-0.15, -0.1) is 0 Å². The van der Waals surface area contributed by atoms with E-state index in [9.17, 15) is 9.59 Å². The molecule has 0 unspecified atom stereocenters. The van der Waals surface area contributed by atoms with Crippen LogP contribution in [0, 0.1) is 5.41 Å². The lowest BCUT2D eigenvalue weighted by atomic mass is 10.1. The number of carboxylic acid groups (broad SMARTS) is 1. The van der Waals surface area contributed by atoms with Gasteiger partial charge >= 0.3 is 5.97 Å². The summed E-state index contributed by atoms with van der Waals surface area (Å²) in [6.45, 7) is 0.440. The van der Waals surface area contributed by atoms with Crippen molar-refractivity contribution < 1.29 is 14.7 Å². The summed E-state index contributed by atoms with van der Waals surface area (Å²) in [4.78, 5) is 27.9. The molecule has 3 aromatic carbocycles. The molecular formula is C24H21N5O3. The van der Waals surface area contributed by atoms with E-state index in [0.29, 0.717) is 23.2 Å². The summed E-state index contributed by atoms with van der Waals surface area (Å²) < 4.78 is 1.91. The summed E-state index contributed by atoms with van der Waals surface area (Å²) in [7, 11) is 1.88. The van der Waals surface area contributed by atoms with Gasteiger partial charge in [0.15, 0.2) is 0 Å². The molecule has 4 N–H and O–H groups in total. The Bertz CT molecular complexity index is 1310. The lowest BCUT2D eigenvalue weighted by Crippen LogP contribution is -2.30. The number of aromatic nitrogens is 2. The predicted molar refractivity (Wildman–Crippen MR) is 122 cm³/mol. The maximum absolute atomic E-state index is 12.2. The molecule has 0 bridgehead atoms. The summed E-state index contributed by atoms with van der Waals surface area (Å²) in [5.41, 5.74) is 3.59. The Labute approximate surface area is 184 Å². The Morgan fingerprint density at radius 1 is 0.969 bits per heavy atom. The molecule has 0 radical (unpaired) electrons. The number of aromatic carboxylic acids is 1. The fraction of sp³-hybridized carbons (Fsp3) is 0.0833. The molecule has 32 heavy (non-hydrogen) atoms. The van der Waals surface area contributed by atoms with Crippen molar-refractivity contribution in [2.75, 3.05) is 5.32 Å². The molecule has 8 nitrogen and oxygen atoms in total. The van der Waals surface area contributed by atoms with E-state index in [1.807, 2.05) is 29.8 Å². The van der Waals surface area contributed by atoms with E-state index in [0.717, 1.165) is 17.0 Å². The molecule has 0 saturated carbocycles. The number of imidazole rings is 1. The molecule has 0 fully saturated rings. The molecule has 1 heterocycles. The Hall–Kier alpha value is -4.46. The monoisotopic (exact) mass is 427 g/mol. The molecule has 1 aromatic heterocycles. The molecule has 4 aromatic rings. The standard InChI is InChI=1S/C24H21N5O3/c1-29-20-12-9-17(24(31)32)13-19(20)27-21(29)14-26-18-10-7-15(8-11-18)22(25)28-23(30)16-5-3-2-4-6-16/h2-13,26H,14H2,1H3,(H,31,32)(H2,25,28,30). The van der Waals surface area contributed by atoms with Crippen LogP contribution in [0.4, 0.5) is 5.69 Å². The highest BCUT2D eigenvalue weighted by molar-refractivity contribution is 6.11. The number of fused-ring (bicyclic) bond motifs is 1. The molecule has 0 saturated heterocycles. The van der Waals surface area contributed by atoms with Crippen LogP contribution in [0.1, 0.15) is 32.1 Å². The number of amides is 1. The Kier molecular flexibility index (Phi) is 5.67. The van der Waals surface area contributed by atoms with Gasteiger partial charge in [-0.05, 0) is 54.6 Å². The topological polar surface area (TPSA) is 120 Å². The second kappa shape index (κ2) is 8.73. The van der Waals surface area contributed by atoms with Crippen molar-refractivity contribution in [2.45, 2.75) is 6.54 Å². The summed E-state index contributed by atoms with van der Waals surface area (Å²) in [5, 5.41) is 23.2. The Morgan fingerprint density at radius 2 is 1.66 bits per heavy atom. The van der Waals surface area contributed by atoms with E-state index in [1.54, 1.807) is 54.6 Å². The number of carbonyl (C=O) groups excluding carboxylic acids is 1. The third-order valence-corrected chi connectivity index (χ3v) is 5.12. The number of amidine groups is 1. The van der Waals surface area contributed by atoms with Crippen LogP contribution < -0.4 is 10.6 Å². The minimum absolute atomic E-state index is 0.0231. The first kappa shape index (κ1) is 20.8. The average molecular weight is 427 g/mol. The second-order valence-corrected chi connectivity index (χ2v) is 7.22. The molecule has 0 atom stereocenters. The SMILES string of the molecule is Cn1c(CNc2ccc(C(=N)NC(=O)c3ccccc3)cc2)nc2cc(C(=O)O)ccc21. The van der Waals surface area contributed by atoms with Crippen LogP contribution in [0.3, 0.4) is 0 Å². The van der Waals surface area contributed by atoms with Gasteiger partial charge in [0.25, 0.3) is 5.91 Å². The van der Waals surface area contributed by atoms with Crippen LogP contribution in [0.15, 0.2) is 72.8 Å². The first-order chi connectivity index (χ1) is 15.4. The van der Waals surface area contributed by atoms with Crippen LogP contribution in [0.25, 0.3) is 11.0 Å². The highest BCUT2D eigenvalue weighted by Crippen LogP contribution is 2.18. The van der Waals surface area contributed by atoms with E-state index in [1.165, 1.54) is 0 Å². The van der Waals surface area contributed by atoms with Gasteiger partial charge < -0.3 is 20.3 Å². The van der Waals surface area contributed by atoms with Crippen LogP contribution in [-0.2, 0) is 13.6 Å². The number of benzene rings is 3. The van der Waals surface area contributed by atoms with E-state index in [2.05, 4.69) is 15.6 Å². The molecule has 0 spiro atoms. The quantitative estimate of drug-likeness (QED) is 0.277. The van der Waals surface area contributed by atoms with Crippen molar-refractivity contribution in [3.8, 4) is 0 Å². The van der Waals surface area contributed by atoms with Gasteiger partial charge in [0.1, 0.15) is 11.7 Å². The second-order valence-electron chi connectivity index (χ2n) is 7.22. The maximum Gasteiger partial charge on any atom is 0.335 e. The van der Waals surface area contributed by atoms with E-state index < -0.39 is 5.97 Å². The minimum atomic E-state index is -0.983. The predicted octanol–water partition coefficient (Wildman–Crippen LogP) is 3.64. The number of rotatable bonds is 6. The van der Waals surface area contributed by atoms with Crippen LogP contribution in [-0.4, -0.2) is 32.4 Å². The van der Waals surface area contributed by atoms with Gasteiger partial charge in [-0.2, -0.15) is 0 Å². The van der Waals surface area contributed by atoms with Gasteiger partial charge in [0.2, 0.25) is 0 Å². The van der Waals surface area contributed by atoms with Gasteiger partial charge in [-0.3, -0.25) is 10.2 Å². The fourth-order valence-electron chi connectivity index (χ4n) is 3.32. The van der Waals surface area contributed by atoms with Crippen molar-refractivity contribution in [1.82, 2.24) is 14.9 Å². The van der Waals surface area contributed by atoms with Crippen molar-refractivity contribution in [2.24, 2.45) is 7.05 Å². The first-order valence-electron chi connectivity index (χ1n) is 9.90. The third-order valence-electron chi connectivity index (χ3n) is 5.12. The lowest BCUT2D eigenvalue weighted by Gasteiger charge is -2.10. The maximum atomic E-state index is 12.2. The number of carbonyl (C=O) groups is 2. The normalized spacial score (nSPS) is 10.7. The van der Waals surface area contributed by atoms with Gasteiger partial charge in [-0.1, -0.05) is 18.2 Å². The number of nitrogens with zero attached hydrogens (tertiary/aromatic N) is 2. The molecule has 8 heteroatoms. The fourth-order valence-corrected chi connectivity index (χ4v) is 3.32. The van der Waals surface area contributed by atoms with Gasteiger partial charge in [-0.25, -0.2) is 9.78 Å². The molecule has 4 rings (SSSR count). The van der Waals surface area contributed by atoms with Crippen molar-refractivity contribution in [1.29, 1.82) is 5.41 Å². The first-order valence-corrected chi connectivity index (χ1v) is 9.90. The van der Waals surface area contributed by atoms with Crippen LogP contribution in [0.5, 0.6) is 0 Å². The number of hydrogen-bond acceptors (Lipinski definition) is 5. The third kappa shape index (κ3) is 4.34. The summed E-state index contributed by atoms with van der Waals surface area (Å²) in [6.07, 6.45) is 0. The van der Waals surface area contributed by atoms with Crippen molar-refractivity contribution >= 4 is 34.4 Å². The largest absolute Gasteiger partial charge is 0.478 e. The number of aryl methyl sites for hydroxylation is 1. The molecular weight excluding hydrogens is 406 g/mol. The smallest absolute Gasteiger partial charge is 0.335 e. The molecule has 0 aliphatic carbocycles. The van der Waals surface area contributed by atoms with Gasteiger partial charge in [0, 0.05) is 23.9 Å². The van der Waals surface area contributed by atoms with Crippen LogP contribution in [0.2, 0.25) is 0 Å². The lowest BCUT2D eigenvalue weighted by molar-refractivity contribution is 0.0696. The number of nitrogens with one attached hydrogen (secondary N) is 3. The highest BCUT2D eigenvalue weighted by Gasteiger charge is 2.12. The number of anilines is 1. The summed E-state index contributed by atoms with van der Waals surface area (Å²) >= 11 is 0. The van der Waals surface area contributed by atoms with E-state index >= 15 is 0 Å². The summed E-state index contributed by atoms with van der Waals surface area (Å²) in [5.74, 6) is -0.530. The number of hydrogen-bond donors (Lipinski definition) is 4. The molecule has 160 valence electrons. The Morgan fingerprint density at radius 3 is 2.34 bits per heavy atom. The van der Waals surface area contributed by atoms with Crippen LogP contribution >= 0.6 is 0 Å². The molecule has 0 aliphatic heterocycles. The molecule has 0 aliphatic rings.